The molecule has 1 aliphatic heterocycles. The van der Waals surface area contributed by atoms with E-state index in [0.717, 1.165) is 19.5 Å². The lowest BCUT2D eigenvalue weighted by molar-refractivity contribution is -0.123. The number of hydrogen-bond donors (Lipinski definition) is 1. The van der Waals surface area contributed by atoms with Crippen LogP contribution in [0.25, 0.3) is 0 Å². The zero-order chi connectivity index (χ0) is 19.6. The number of likely N-dealkylation sites (tertiary alicyclic amines) is 1. The van der Waals surface area contributed by atoms with E-state index >= 15 is 0 Å². The van der Waals surface area contributed by atoms with E-state index in [1.165, 1.54) is 24.8 Å². The minimum atomic E-state index is -0.110. The van der Waals surface area contributed by atoms with E-state index < -0.39 is 0 Å². The molecule has 0 radical (unpaired) electrons. The zero-order valence-electron chi connectivity index (χ0n) is 16.6. The standard InChI is InChI=1S/C23H30N2O3/c1-27-21-12-6-7-13-22(21)28-18-23(26)24-17-20(25-14-8-3-9-15-25)16-19-10-4-2-5-11-19/h2,4-7,10-13,20H,3,8-9,14-18H2,1H3,(H,24,26). The molecule has 5 heteroatoms. The van der Waals surface area contributed by atoms with Crippen molar-refractivity contribution in [3.05, 3.63) is 60.2 Å². The molecular weight excluding hydrogens is 352 g/mol. The van der Waals surface area contributed by atoms with E-state index in [9.17, 15) is 4.79 Å². The highest BCUT2D eigenvalue weighted by Gasteiger charge is 2.21. The molecule has 1 fully saturated rings. The highest BCUT2D eigenvalue weighted by Crippen LogP contribution is 2.25. The number of carbonyl (C=O) groups is 1. The lowest BCUT2D eigenvalue weighted by atomic mass is 10.0. The summed E-state index contributed by atoms with van der Waals surface area (Å²) >= 11 is 0. The van der Waals surface area contributed by atoms with Crippen molar-refractivity contribution in [2.75, 3.05) is 33.4 Å². The zero-order valence-corrected chi connectivity index (χ0v) is 16.6. The minimum absolute atomic E-state index is 0.0154. The number of nitrogens with one attached hydrogen (secondary N) is 1. The maximum absolute atomic E-state index is 12.4. The lowest BCUT2D eigenvalue weighted by Gasteiger charge is -2.35. The maximum Gasteiger partial charge on any atom is 0.257 e. The predicted molar refractivity (Wildman–Crippen MR) is 111 cm³/mol. The number of hydrogen-bond acceptors (Lipinski definition) is 4. The number of ether oxygens (including phenoxy) is 2. The third-order valence-electron chi connectivity index (χ3n) is 5.18. The van der Waals surface area contributed by atoms with Gasteiger partial charge in [-0.15, -0.1) is 0 Å². The molecule has 2 aromatic rings. The molecule has 0 spiro atoms. The van der Waals surface area contributed by atoms with Gasteiger partial charge in [0.05, 0.1) is 7.11 Å². The first-order valence-electron chi connectivity index (χ1n) is 10.1. The second-order valence-corrected chi connectivity index (χ2v) is 7.18. The van der Waals surface area contributed by atoms with Crippen LogP contribution >= 0.6 is 0 Å². The van der Waals surface area contributed by atoms with Gasteiger partial charge in [0.2, 0.25) is 0 Å². The number of para-hydroxylation sites is 2. The van der Waals surface area contributed by atoms with Crippen LogP contribution in [0, 0.1) is 0 Å². The second kappa shape index (κ2) is 10.7. The van der Waals surface area contributed by atoms with E-state index in [4.69, 9.17) is 9.47 Å². The minimum Gasteiger partial charge on any atom is -0.493 e. The number of nitrogens with zero attached hydrogens (tertiary/aromatic N) is 1. The van der Waals surface area contributed by atoms with Gasteiger partial charge in [-0.2, -0.15) is 0 Å². The van der Waals surface area contributed by atoms with Crippen LogP contribution in [0.1, 0.15) is 24.8 Å². The summed E-state index contributed by atoms with van der Waals surface area (Å²) in [6, 6.07) is 18.2. The predicted octanol–water partition coefficient (Wildman–Crippen LogP) is 3.29. The summed E-state index contributed by atoms with van der Waals surface area (Å²) in [5, 5.41) is 3.06. The van der Waals surface area contributed by atoms with Crippen LogP contribution in [-0.2, 0) is 11.2 Å². The SMILES string of the molecule is COc1ccccc1OCC(=O)NCC(Cc1ccccc1)N1CCCCC1. The molecule has 0 aromatic heterocycles. The van der Waals surface area contributed by atoms with Crippen molar-refractivity contribution < 1.29 is 14.3 Å². The van der Waals surface area contributed by atoms with Gasteiger partial charge in [-0.3, -0.25) is 9.69 Å². The van der Waals surface area contributed by atoms with Gasteiger partial charge in [0.1, 0.15) is 0 Å². The van der Waals surface area contributed by atoms with Crippen molar-refractivity contribution in [3.8, 4) is 11.5 Å². The van der Waals surface area contributed by atoms with Crippen molar-refractivity contribution in [3.63, 3.8) is 0 Å². The molecule has 1 saturated heterocycles. The van der Waals surface area contributed by atoms with Gasteiger partial charge in [0, 0.05) is 12.6 Å². The second-order valence-electron chi connectivity index (χ2n) is 7.18. The highest BCUT2D eigenvalue weighted by atomic mass is 16.5. The van der Waals surface area contributed by atoms with Crippen LogP contribution in [0.5, 0.6) is 11.5 Å². The molecule has 1 N–H and O–H groups in total. The van der Waals surface area contributed by atoms with Crippen LogP contribution in [0.15, 0.2) is 54.6 Å². The first-order chi connectivity index (χ1) is 13.8. The van der Waals surface area contributed by atoms with E-state index in [1.807, 2.05) is 24.3 Å². The summed E-state index contributed by atoms with van der Waals surface area (Å²) in [4.78, 5) is 14.9. The van der Waals surface area contributed by atoms with Crippen molar-refractivity contribution in [1.29, 1.82) is 0 Å². The van der Waals surface area contributed by atoms with Gasteiger partial charge in [-0.05, 0) is 50.0 Å². The Balaban J connectivity index is 1.53. The molecule has 1 aliphatic rings. The van der Waals surface area contributed by atoms with Gasteiger partial charge in [-0.25, -0.2) is 0 Å². The number of methoxy groups -OCH3 is 1. The molecule has 1 unspecified atom stereocenters. The van der Waals surface area contributed by atoms with Crippen LogP contribution in [0.3, 0.4) is 0 Å². The lowest BCUT2D eigenvalue weighted by Crippen LogP contribution is -2.48. The summed E-state index contributed by atoms with van der Waals surface area (Å²) in [5.74, 6) is 1.10. The Morgan fingerprint density at radius 2 is 1.68 bits per heavy atom. The van der Waals surface area contributed by atoms with Crippen LogP contribution in [-0.4, -0.2) is 50.2 Å². The largest absolute Gasteiger partial charge is 0.493 e. The molecule has 0 bridgehead atoms. The molecule has 0 saturated carbocycles. The summed E-state index contributed by atoms with van der Waals surface area (Å²) < 4.78 is 10.9. The Kier molecular flexibility index (Phi) is 7.73. The third-order valence-corrected chi connectivity index (χ3v) is 5.18. The van der Waals surface area contributed by atoms with Gasteiger partial charge in [0.15, 0.2) is 18.1 Å². The highest BCUT2D eigenvalue weighted by molar-refractivity contribution is 5.77. The number of piperidine rings is 1. The Morgan fingerprint density at radius 3 is 2.39 bits per heavy atom. The Bertz CT molecular complexity index is 730. The number of amides is 1. The Morgan fingerprint density at radius 1 is 1.00 bits per heavy atom. The number of benzene rings is 2. The molecule has 1 atom stereocenters. The summed E-state index contributed by atoms with van der Waals surface area (Å²) in [7, 11) is 1.59. The van der Waals surface area contributed by atoms with Crippen LogP contribution in [0.4, 0.5) is 0 Å². The van der Waals surface area contributed by atoms with Gasteiger partial charge < -0.3 is 14.8 Å². The van der Waals surface area contributed by atoms with Crippen molar-refractivity contribution >= 4 is 5.91 Å². The molecule has 5 nitrogen and oxygen atoms in total. The fourth-order valence-electron chi connectivity index (χ4n) is 3.66. The van der Waals surface area contributed by atoms with E-state index in [0.29, 0.717) is 24.1 Å². The van der Waals surface area contributed by atoms with Gasteiger partial charge in [0.25, 0.3) is 5.91 Å². The first-order valence-corrected chi connectivity index (χ1v) is 10.1. The average Bonchev–Trinajstić information content (AvgIpc) is 2.76. The molecule has 1 heterocycles. The Hall–Kier alpha value is -2.53. The smallest absolute Gasteiger partial charge is 0.257 e. The normalized spacial score (nSPS) is 15.6. The third kappa shape index (κ3) is 5.99. The first kappa shape index (κ1) is 20.2. The summed E-state index contributed by atoms with van der Waals surface area (Å²) in [5.41, 5.74) is 1.30. The van der Waals surface area contributed by atoms with Crippen LogP contribution in [0.2, 0.25) is 0 Å². The van der Waals surface area contributed by atoms with Gasteiger partial charge in [-0.1, -0.05) is 48.9 Å². The van der Waals surface area contributed by atoms with Gasteiger partial charge >= 0.3 is 0 Å². The fraction of sp³-hybridized carbons (Fsp3) is 0.435. The molecule has 2 aromatic carbocycles. The topological polar surface area (TPSA) is 50.8 Å². The summed E-state index contributed by atoms with van der Waals surface area (Å²) in [6.07, 6.45) is 4.70. The molecule has 3 rings (SSSR count). The average molecular weight is 383 g/mol. The maximum atomic E-state index is 12.4. The van der Waals surface area contributed by atoms with Crippen LogP contribution < -0.4 is 14.8 Å². The van der Waals surface area contributed by atoms with Crippen molar-refractivity contribution in [2.45, 2.75) is 31.7 Å². The monoisotopic (exact) mass is 382 g/mol. The number of rotatable bonds is 9. The molecule has 150 valence electrons. The fourth-order valence-corrected chi connectivity index (χ4v) is 3.66. The van der Waals surface area contributed by atoms with E-state index in [-0.39, 0.29) is 12.5 Å². The quantitative estimate of drug-likeness (QED) is 0.723. The Labute approximate surface area is 167 Å². The molecule has 28 heavy (non-hydrogen) atoms. The molecule has 0 aliphatic carbocycles. The molecular formula is C23H30N2O3. The van der Waals surface area contributed by atoms with E-state index in [1.54, 1.807) is 13.2 Å². The van der Waals surface area contributed by atoms with Crippen molar-refractivity contribution in [2.24, 2.45) is 0 Å². The van der Waals surface area contributed by atoms with E-state index in [2.05, 4.69) is 34.5 Å². The van der Waals surface area contributed by atoms with Crippen molar-refractivity contribution in [1.82, 2.24) is 10.2 Å². The number of carbonyl (C=O) groups excluding carboxylic acids is 1. The molecule has 1 amide bonds. The summed E-state index contributed by atoms with van der Waals surface area (Å²) in [6.45, 7) is 2.82.